The van der Waals surface area contributed by atoms with Crippen LogP contribution < -0.4 is 0 Å². The lowest BCUT2D eigenvalue weighted by Crippen LogP contribution is -2.56. The second-order valence-electron chi connectivity index (χ2n) is 7.41. The number of carbonyl (C=O) groups is 1. The Morgan fingerprint density at radius 3 is 3.17 bits per heavy atom. The van der Waals surface area contributed by atoms with Crippen molar-refractivity contribution in [3.8, 4) is 0 Å². The van der Waals surface area contributed by atoms with Crippen LogP contribution in [-0.2, 0) is 20.9 Å². The van der Waals surface area contributed by atoms with Gasteiger partial charge < -0.3 is 14.4 Å². The van der Waals surface area contributed by atoms with Gasteiger partial charge in [-0.2, -0.15) is 0 Å². The van der Waals surface area contributed by atoms with Gasteiger partial charge in [0.2, 0.25) is 5.91 Å². The molecule has 1 spiro atoms. The van der Waals surface area contributed by atoms with E-state index >= 15 is 0 Å². The van der Waals surface area contributed by atoms with Crippen molar-refractivity contribution in [2.24, 2.45) is 11.8 Å². The van der Waals surface area contributed by atoms with E-state index in [0.717, 1.165) is 43.8 Å². The summed E-state index contributed by atoms with van der Waals surface area (Å²) in [6.45, 7) is 3.45. The van der Waals surface area contributed by atoms with Crippen molar-refractivity contribution in [1.29, 1.82) is 0 Å². The van der Waals surface area contributed by atoms with Gasteiger partial charge in [0.05, 0.1) is 32.0 Å². The summed E-state index contributed by atoms with van der Waals surface area (Å²) < 4.78 is 12.2. The van der Waals surface area contributed by atoms with Crippen molar-refractivity contribution in [3.05, 3.63) is 16.6 Å². The highest BCUT2D eigenvalue weighted by atomic mass is 32.1. The Morgan fingerprint density at radius 2 is 2.38 bits per heavy atom. The van der Waals surface area contributed by atoms with Crippen LogP contribution in [0.5, 0.6) is 0 Å². The van der Waals surface area contributed by atoms with Crippen molar-refractivity contribution in [1.82, 2.24) is 9.88 Å². The lowest BCUT2D eigenvalue weighted by molar-refractivity contribution is -0.162. The smallest absolute Gasteiger partial charge is 0.223 e. The average molecular weight is 350 g/mol. The first-order valence-corrected chi connectivity index (χ1v) is 10.0. The van der Waals surface area contributed by atoms with Crippen LogP contribution in [0.15, 0.2) is 11.6 Å². The summed E-state index contributed by atoms with van der Waals surface area (Å²) in [6, 6.07) is 0. The summed E-state index contributed by atoms with van der Waals surface area (Å²) in [6.07, 6.45) is 8.35. The molecule has 1 amide bonds. The molecule has 24 heavy (non-hydrogen) atoms. The predicted octanol–water partition coefficient (Wildman–Crippen LogP) is 2.86. The third kappa shape index (κ3) is 3.65. The van der Waals surface area contributed by atoms with Crippen LogP contribution in [0.3, 0.4) is 0 Å². The minimum Gasteiger partial charge on any atom is -0.374 e. The SMILES string of the molecule is O=C(CC1CC1)N1CCO[C@]2(CCC[C@H]2COCc2nccs2)C1. The highest BCUT2D eigenvalue weighted by molar-refractivity contribution is 7.09. The molecule has 0 radical (unpaired) electrons. The number of aromatic nitrogens is 1. The van der Waals surface area contributed by atoms with Crippen LogP contribution in [0.2, 0.25) is 0 Å². The van der Waals surface area contributed by atoms with Gasteiger partial charge in [-0.3, -0.25) is 4.79 Å². The van der Waals surface area contributed by atoms with Gasteiger partial charge in [0.1, 0.15) is 5.01 Å². The fourth-order valence-corrected chi connectivity index (χ4v) is 4.63. The van der Waals surface area contributed by atoms with E-state index in [1.165, 1.54) is 12.8 Å². The van der Waals surface area contributed by atoms with Crippen LogP contribution >= 0.6 is 11.3 Å². The number of hydrogen-bond donors (Lipinski definition) is 0. The number of amides is 1. The summed E-state index contributed by atoms with van der Waals surface area (Å²) in [5.74, 6) is 1.36. The largest absolute Gasteiger partial charge is 0.374 e. The van der Waals surface area contributed by atoms with Crippen LogP contribution in [-0.4, -0.2) is 47.7 Å². The Kier molecular flexibility index (Phi) is 4.88. The van der Waals surface area contributed by atoms with E-state index < -0.39 is 0 Å². The second kappa shape index (κ2) is 7.10. The average Bonchev–Trinajstić information content (AvgIpc) is 3.10. The highest BCUT2D eigenvalue weighted by Crippen LogP contribution is 2.42. The normalized spacial score (nSPS) is 30.2. The number of thiazole rings is 1. The number of hydrogen-bond acceptors (Lipinski definition) is 5. The van der Waals surface area contributed by atoms with E-state index in [1.54, 1.807) is 11.3 Å². The second-order valence-corrected chi connectivity index (χ2v) is 8.39. The Bertz CT molecular complexity index is 561. The lowest BCUT2D eigenvalue weighted by Gasteiger charge is -2.44. The molecule has 0 aromatic carbocycles. The zero-order chi connectivity index (χ0) is 16.4. The molecule has 0 N–H and O–H groups in total. The summed E-state index contributed by atoms with van der Waals surface area (Å²) in [4.78, 5) is 18.8. The highest BCUT2D eigenvalue weighted by Gasteiger charge is 2.48. The third-order valence-electron chi connectivity index (χ3n) is 5.65. The number of nitrogens with zero attached hydrogens (tertiary/aromatic N) is 2. The Morgan fingerprint density at radius 1 is 1.46 bits per heavy atom. The van der Waals surface area contributed by atoms with Crippen molar-refractivity contribution < 1.29 is 14.3 Å². The van der Waals surface area contributed by atoms with E-state index in [-0.39, 0.29) is 5.60 Å². The molecule has 1 aromatic heterocycles. The quantitative estimate of drug-likeness (QED) is 0.792. The van der Waals surface area contributed by atoms with Crippen LogP contribution in [0.4, 0.5) is 0 Å². The fraction of sp³-hybridized carbons (Fsp3) is 0.778. The molecular weight excluding hydrogens is 324 g/mol. The van der Waals surface area contributed by atoms with Gasteiger partial charge >= 0.3 is 0 Å². The zero-order valence-corrected chi connectivity index (χ0v) is 14.9. The molecule has 0 bridgehead atoms. The van der Waals surface area contributed by atoms with E-state index in [1.807, 2.05) is 11.6 Å². The fourth-order valence-electron chi connectivity index (χ4n) is 4.08. The molecule has 5 nitrogen and oxygen atoms in total. The zero-order valence-electron chi connectivity index (χ0n) is 14.1. The molecule has 1 aliphatic heterocycles. The standard InChI is InChI=1S/C18H26N2O3S/c21-17(10-14-3-4-14)20-7-8-23-18(13-20)5-1-2-15(18)11-22-12-16-19-6-9-24-16/h6,9,14-15H,1-5,7-8,10-13H2/t15-,18+/m0/s1. The maximum absolute atomic E-state index is 12.5. The first-order valence-electron chi connectivity index (χ1n) is 9.13. The topological polar surface area (TPSA) is 51.7 Å². The molecule has 1 saturated heterocycles. The van der Waals surface area contributed by atoms with E-state index in [9.17, 15) is 4.79 Å². The molecule has 3 fully saturated rings. The molecule has 2 atom stereocenters. The van der Waals surface area contributed by atoms with Crippen LogP contribution in [0.1, 0.15) is 43.5 Å². The molecular formula is C18H26N2O3S. The van der Waals surface area contributed by atoms with Crippen molar-refractivity contribution >= 4 is 17.2 Å². The van der Waals surface area contributed by atoms with Gasteiger partial charge in [0, 0.05) is 30.5 Å². The van der Waals surface area contributed by atoms with Gasteiger partial charge in [-0.25, -0.2) is 4.98 Å². The molecule has 132 valence electrons. The molecule has 2 saturated carbocycles. The van der Waals surface area contributed by atoms with E-state index in [4.69, 9.17) is 9.47 Å². The lowest BCUT2D eigenvalue weighted by atomic mass is 9.89. The minimum absolute atomic E-state index is 0.180. The van der Waals surface area contributed by atoms with Crippen LogP contribution in [0.25, 0.3) is 0 Å². The molecule has 1 aromatic rings. The summed E-state index contributed by atoms with van der Waals surface area (Å²) in [5, 5.41) is 3.00. The maximum Gasteiger partial charge on any atom is 0.223 e. The van der Waals surface area contributed by atoms with E-state index in [2.05, 4.69) is 9.88 Å². The van der Waals surface area contributed by atoms with Crippen LogP contribution in [0, 0.1) is 11.8 Å². The predicted molar refractivity (Wildman–Crippen MR) is 91.7 cm³/mol. The van der Waals surface area contributed by atoms with Gasteiger partial charge in [-0.1, -0.05) is 6.42 Å². The summed E-state index contributed by atoms with van der Waals surface area (Å²) >= 11 is 1.63. The summed E-state index contributed by atoms with van der Waals surface area (Å²) in [5.41, 5.74) is -0.180. The minimum atomic E-state index is -0.180. The Labute approximate surface area is 147 Å². The van der Waals surface area contributed by atoms with Crippen molar-refractivity contribution in [3.63, 3.8) is 0 Å². The van der Waals surface area contributed by atoms with Gasteiger partial charge in [-0.15, -0.1) is 11.3 Å². The molecule has 2 heterocycles. The number of morpholine rings is 1. The molecule has 2 aliphatic carbocycles. The van der Waals surface area contributed by atoms with Gasteiger partial charge in [0.25, 0.3) is 0 Å². The number of carbonyl (C=O) groups excluding carboxylic acids is 1. The molecule has 4 rings (SSSR count). The Hall–Kier alpha value is -0.980. The summed E-state index contributed by atoms with van der Waals surface area (Å²) in [7, 11) is 0. The first kappa shape index (κ1) is 16.5. The first-order chi connectivity index (χ1) is 11.8. The van der Waals surface area contributed by atoms with E-state index in [0.29, 0.717) is 37.6 Å². The molecule has 6 heteroatoms. The Balaban J connectivity index is 1.33. The number of ether oxygens (including phenoxy) is 2. The van der Waals surface area contributed by atoms with Gasteiger partial charge in [-0.05, 0) is 31.6 Å². The molecule has 0 unspecified atom stereocenters. The maximum atomic E-state index is 12.5. The third-order valence-corrected chi connectivity index (χ3v) is 6.40. The number of rotatable bonds is 6. The van der Waals surface area contributed by atoms with Crippen molar-refractivity contribution in [2.45, 2.75) is 50.7 Å². The van der Waals surface area contributed by atoms with Gasteiger partial charge in [0.15, 0.2) is 0 Å². The van der Waals surface area contributed by atoms with Crippen molar-refractivity contribution in [2.75, 3.05) is 26.3 Å². The monoisotopic (exact) mass is 350 g/mol. The molecule has 3 aliphatic rings.